The highest BCUT2D eigenvalue weighted by Crippen LogP contribution is 2.27. The van der Waals surface area contributed by atoms with Gasteiger partial charge in [0.15, 0.2) is 5.72 Å². The molecule has 3 N–H and O–H groups in total. The summed E-state index contributed by atoms with van der Waals surface area (Å²) in [6, 6.07) is 6.82. The highest BCUT2D eigenvalue weighted by molar-refractivity contribution is 5.85. The average molecular weight is 260 g/mol. The van der Waals surface area contributed by atoms with Crippen molar-refractivity contribution < 1.29 is 14.6 Å². The molecule has 0 saturated heterocycles. The number of halogens is 1. The number of hydrogen-bond donors (Lipinski definition) is 2. The van der Waals surface area contributed by atoms with E-state index in [2.05, 4.69) is 0 Å². The van der Waals surface area contributed by atoms with Gasteiger partial charge in [0.25, 0.3) is 0 Å². The summed E-state index contributed by atoms with van der Waals surface area (Å²) >= 11 is 0. The Morgan fingerprint density at radius 3 is 2.59 bits per heavy atom. The maximum absolute atomic E-state index is 10.9. The highest BCUT2D eigenvalue weighted by atomic mass is 35.5. The maximum Gasteiger partial charge on any atom is 0.169 e. The smallest absolute Gasteiger partial charge is 0.169 e. The fourth-order valence-electron chi connectivity index (χ4n) is 1.68. The molecule has 1 rings (SSSR count). The molecule has 0 spiro atoms. The Bertz CT molecular complexity index is 373. The molecule has 0 amide bonds. The fraction of sp³-hybridized carbons (Fsp3) is 0.417. The second-order valence-corrected chi connectivity index (χ2v) is 3.63. The standard InChI is InChI=1S/C12H17NO3.ClH/c1-3-11(15)12(13,16-2)10-7-5-4-6-9(10)8-14;/h4-8,11,15H,3,13H2,1-2H3;1H/t11-,12-;/m0./s1. The molecule has 0 radical (unpaired) electrons. The zero-order valence-electron chi connectivity index (χ0n) is 9.92. The summed E-state index contributed by atoms with van der Waals surface area (Å²) in [5.41, 5.74) is 5.61. The lowest BCUT2D eigenvalue weighted by atomic mass is 9.92. The average Bonchev–Trinajstić information content (AvgIpc) is 2.36. The van der Waals surface area contributed by atoms with E-state index < -0.39 is 11.8 Å². The largest absolute Gasteiger partial charge is 0.388 e. The van der Waals surface area contributed by atoms with Crippen LogP contribution in [0.5, 0.6) is 0 Å². The van der Waals surface area contributed by atoms with Gasteiger partial charge in [-0.1, -0.05) is 31.2 Å². The van der Waals surface area contributed by atoms with Crippen LogP contribution in [0.3, 0.4) is 0 Å². The normalized spacial score (nSPS) is 15.5. The molecular weight excluding hydrogens is 242 g/mol. The zero-order valence-corrected chi connectivity index (χ0v) is 10.7. The first-order valence-corrected chi connectivity index (χ1v) is 5.17. The molecule has 96 valence electrons. The van der Waals surface area contributed by atoms with E-state index in [4.69, 9.17) is 10.5 Å². The van der Waals surface area contributed by atoms with E-state index in [9.17, 15) is 9.90 Å². The first-order valence-electron chi connectivity index (χ1n) is 5.17. The second-order valence-electron chi connectivity index (χ2n) is 3.63. The molecule has 4 nitrogen and oxygen atoms in total. The van der Waals surface area contributed by atoms with Crippen molar-refractivity contribution in [3.63, 3.8) is 0 Å². The summed E-state index contributed by atoms with van der Waals surface area (Å²) in [4.78, 5) is 10.9. The highest BCUT2D eigenvalue weighted by Gasteiger charge is 2.36. The number of nitrogens with two attached hydrogens (primary N) is 1. The predicted octanol–water partition coefficient (Wildman–Crippen LogP) is 1.45. The Morgan fingerprint density at radius 2 is 2.12 bits per heavy atom. The van der Waals surface area contributed by atoms with Crippen LogP contribution < -0.4 is 5.73 Å². The molecular formula is C12H18ClNO3. The van der Waals surface area contributed by atoms with E-state index in [-0.39, 0.29) is 12.4 Å². The van der Waals surface area contributed by atoms with Crippen LogP contribution in [0.25, 0.3) is 0 Å². The zero-order chi connectivity index (χ0) is 12.2. The number of aldehydes is 1. The summed E-state index contributed by atoms with van der Waals surface area (Å²) in [5, 5.41) is 9.88. The summed E-state index contributed by atoms with van der Waals surface area (Å²) in [7, 11) is 1.42. The van der Waals surface area contributed by atoms with Crippen molar-refractivity contribution in [3.8, 4) is 0 Å². The molecule has 0 bridgehead atoms. The maximum atomic E-state index is 10.9. The summed E-state index contributed by atoms with van der Waals surface area (Å²) in [6.45, 7) is 1.80. The Balaban J connectivity index is 0.00000256. The molecule has 0 aliphatic rings. The topological polar surface area (TPSA) is 72.6 Å². The molecule has 1 aromatic carbocycles. The van der Waals surface area contributed by atoms with Gasteiger partial charge in [0.05, 0.1) is 0 Å². The molecule has 0 fully saturated rings. The Labute approximate surface area is 107 Å². The molecule has 2 atom stereocenters. The Hall–Kier alpha value is -0.940. The number of aliphatic hydroxyl groups is 1. The van der Waals surface area contributed by atoms with Gasteiger partial charge in [-0.3, -0.25) is 10.5 Å². The van der Waals surface area contributed by atoms with E-state index in [1.807, 2.05) is 0 Å². The number of benzene rings is 1. The number of carbonyl (C=O) groups excluding carboxylic acids is 1. The van der Waals surface area contributed by atoms with Crippen LogP contribution in [0.2, 0.25) is 0 Å². The van der Waals surface area contributed by atoms with Gasteiger partial charge in [0.2, 0.25) is 0 Å². The van der Waals surface area contributed by atoms with Crippen molar-refractivity contribution >= 4 is 18.7 Å². The lowest BCUT2D eigenvalue weighted by Gasteiger charge is -2.33. The van der Waals surface area contributed by atoms with Crippen LogP contribution in [-0.2, 0) is 10.5 Å². The number of hydrogen-bond acceptors (Lipinski definition) is 4. The van der Waals surface area contributed by atoms with Gasteiger partial charge >= 0.3 is 0 Å². The number of aliphatic hydroxyl groups excluding tert-OH is 1. The van der Waals surface area contributed by atoms with Crippen LogP contribution in [-0.4, -0.2) is 24.6 Å². The van der Waals surface area contributed by atoms with Gasteiger partial charge in [0.1, 0.15) is 12.4 Å². The number of ether oxygens (including phenoxy) is 1. The van der Waals surface area contributed by atoms with Crippen molar-refractivity contribution in [1.82, 2.24) is 0 Å². The van der Waals surface area contributed by atoms with E-state index >= 15 is 0 Å². The predicted molar refractivity (Wildman–Crippen MR) is 68.2 cm³/mol. The van der Waals surface area contributed by atoms with E-state index in [0.717, 1.165) is 0 Å². The third kappa shape index (κ3) is 3.04. The van der Waals surface area contributed by atoms with Crippen molar-refractivity contribution in [2.45, 2.75) is 25.2 Å². The SMILES string of the molecule is CC[C@H](O)[C@@](N)(OC)c1ccccc1C=O.Cl. The van der Waals surface area contributed by atoms with Gasteiger partial charge in [-0.25, -0.2) is 0 Å². The molecule has 0 saturated carbocycles. The number of methoxy groups -OCH3 is 1. The Kier molecular flexibility index (Phi) is 6.34. The molecule has 0 heterocycles. The minimum Gasteiger partial charge on any atom is -0.388 e. The summed E-state index contributed by atoms with van der Waals surface area (Å²) < 4.78 is 5.19. The minimum atomic E-state index is -1.34. The van der Waals surface area contributed by atoms with Crippen LogP contribution in [0.4, 0.5) is 0 Å². The third-order valence-corrected chi connectivity index (χ3v) is 2.73. The van der Waals surface area contributed by atoms with Crippen LogP contribution in [0, 0.1) is 0 Å². The van der Waals surface area contributed by atoms with Gasteiger partial charge in [-0.05, 0) is 6.42 Å². The lowest BCUT2D eigenvalue weighted by Crippen LogP contribution is -2.49. The lowest BCUT2D eigenvalue weighted by molar-refractivity contribution is -0.106. The van der Waals surface area contributed by atoms with E-state index in [1.54, 1.807) is 31.2 Å². The number of carbonyl (C=O) groups is 1. The molecule has 0 unspecified atom stereocenters. The van der Waals surface area contributed by atoms with Crippen LogP contribution >= 0.6 is 12.4 Å². The van der Waals surface area contributed by atoms with Crippen molar-refractivity contribution in [2.24, 2.45) is 5.73 Å². The van der Waals surface area contributed by atoms with Crippen molar-refractivity contribution in [1.29, 1.82) is 0 Å². The van der Waals surface area contributed by atoms with Crippen molar-refractivity contribution in [3.05, 3.63) is 35.4 Å². The molecule has 0 aliphatic carbocycles. The Morgan fingerprint density at radius 1 is 1.53 bits per heavy atom. The summed E-state index contributed by atoms with van der Waals surface area (Å²) in [5.74, 6) is 0. The fourth-order valence-corrected chi connectivity index (χ4v) is 1.68. The van der Waals surface area contributed by atoms with Gasteiger partial charge in [0, 0.05) is 18.2 Å². The van der Waals surface area contributed by atoms with Crippen molar-refractivity contribution in [2.75, 3.05) is 7.11 Å². The number of rotatable bonds is 5. The molecule has 0 aliphatic heterocycles. The van der Waals surface area contributed by atoms with E-state index in [0.29, 0.717) is 23.8 Å². The first-order chi connectivity index (χ1) is 7.60. The second kappa shape index (κ2) is 6.71. The van der Waals surface area contributed by atoms with E-state index in [1.165, 1.54) is 7.11 Å². The molecule has 17 heavy (non-hydrogen) atoms. The van der Waals surface area contributed by atoms with Gasteiger partial charge in [-0.15, -0.1) is 12.4 Å². The quantitative estimate of drug-likeness (QED) is 0.620. The summed E-state index contributed by atoms with van der Waals surface area (Å²) in [6.07, 6.45) is 0.286. The molecule has 1 aromatic rings. The molecule has 5 heteroatoms. The van der Waals surface area contributed by atoms with Crippen LogP contribution in [0.15, 0.2) is 24.3 Å². The van der Waals surface area contributed by atoms with Gasteiger partial charge in [-0.2, -0.15) is 0 Å². The monoisotopic (exact) mass is 259 g/mol. The first kappa shape index (κ1) is 16.1. The van der Waals surface area contributed by atoms with Gasteiger partial charge < -0.3 is 9.84 Å². The minimum absolute atomic E-state index is 0. The van der Waals surface area contributed by atoms with Crippen LogP contribution in [0.1, 0.15) is 29.3 Å². The molecule has 0 aromatic heterocycles. The third-order valence-electron chi connectivity index (χ3n) is 2.73.